The topological polar surface area (TPSA) is 82.2 Å². The molecule has 214 valence electrons. The number of nitrogens with zero attached hydrogens (tertiary/aromatic N) is 3. The van der Waals surface area contributed by atoms with Crippen LogP contribution in [0.3, 0.4) is 0 Å². The van der Waals surface area contributed by atoms with E-state index >= 15 is 0 Å². The first-order valence-electron chi connectivity index (χ1n) is 14.4. The number of carbonyl (C=O) groups excluding carboxylic acids is 3. The van der Waals surface area contributed by atoms with Crippen LogP contribution in [0.5, 0.6) is 5.75 Å². The number of amides is 3. The number of ether oxygens (including phenoxy) is 1. The third-order valence-electron chi connectivity index (χ3n) is 7.88. The van der Waals surface area contributed by atoms with E-state index in [1.54, 1.807) is 37.4 Å². The fourth-order valence-corrected chi connectivity index (χ4v) is 5.54. The largest absolute Gasteiger partial charge is 0.497 e. The molecule has 1 N–H and O–H groups in total. The van der Waals surface area contributed by atoms with Crippen molar-refractivity contribution in [2.75, 3.05) is 56.6 Å². The van der Waals surface area contributed by atoms with Crippen LogP contribution in [0.1, 0.15) is 62.3 Å². The highest BCUT2D eigenvalue weighted by molar-refractivity contribution is 6.06. The summed E-state index contributed by atoms with van der Waals surface area (Å²) < 4.78 is 5.26. The van der Waals surface area contributed by atoms with Gasteiger partial charge in [0.15, 0.2) is 0 Å². The average molecular weight is 555 g/mol. The molecule has 0 unspecified atom stereocenters. The van der Waals surface area contributed by atoms with Crippen molar-refractivity contribution in [1.29, 1.82) is 0 Å². The minimum Gasteiger partial charge on any atom is -0.497 e. The summed E-state index contributed by atoms with van der Waals surface area (Å²) in [5.41, 5.74) is 4.27. The molecular formula is C33H38N4O4. The predicted molar refractivity (Wildman–Crippen MR) is 161 cm³/mol. The van der Waals surface area contributed by atoms with Crippen LogP contribution in [0.2, 0.25) is 0 Å². The second kappa shape index (κ2) is 12.9. The monoisotopic (exact) mass is 554 g/mol. The third kappa shape index (κ3) is 6.70. The molecule has 2 heterocycles. The quantitative estimate of drug-likeness (QED) is 0.451. The van der Waals surface area contributed by atoms with Gasteiger partial charge in [-0.3, -0.25) is 14.4 Å². The fraction of sp³-hybridized carbons (Fsp3) is 0.364. The molecule has 8 nitrogen and oxygen atoms in total. The van der Waals surface area contributed by atoms with Crippen LogP contribution in [0, 0.1) is 6.92 Å². The van der Waals surface area contributed by atoms with Gasteiger partial charge in [0.25, 0.3) is 17.7 Å². The van der Waals surface area contributed by atoms with E-state index in [9.17, 15) is 14.4 Å². The number of piperidine rings is 1. The molecule has 0 radical (unpaired) electrons. The van der Waals surface area contributed by atoms with Gasteiger partial charge in [-0.25, -0.2) is 0 Å². The molecule has 0 atom stereocenters. The van der Waals surface area contributed by atoms with E-state index in [4.69, 9.17) is 4.74 Å². The highest BCUT2D eigenvalue weighted by atomic mass is 16.5. The summed E-state index contributed by atoms with van der Waals surface area (Å²) in [6, 6.07) is 20.2. The molecule has 3 aromatic carbocycles. The van der Waals surface area contributed by atoms with E-state index in [0.717, 1.165) is 56.6 Å². The highest BCUT2D eigenvalue weighted by Crippen LogP contribution is 2.29. The van der Waals surface area contributed by atoms with Gasteiger partial charge < -0.3 is 24.8 Å². The van der Waals surface area contributed by atoms with Gasteiger partial charge in [-0.1, -0.05) is 23.8 Å². The number of nitrogens with one attached hydrogen (secondary N) is 1. The summed E-state index contributed by atoms with van der Waals surface area (Å²) in [4.78, 5) is 46.1. The molecule has 0 aliphatic carbocycles. The summed E-state index contributed by atoms with van der Waals surface area (Å²) in [6.45, 7) is 6.05. The minimum atomic E-state index is -0.270. The van der Waals surface area contributed by atoms with Crippen LogP contribution in [0.15, 0.2) is 66.7 Å². The molecular weight excluding hydrogens is 516 g/mol. The molecule has 0 spiro atoms. The van der Waals surface area contributed by atoms with Crippen LogP contribution in [0.25, 0.3) is 0 Å². The van der Waals surface area contributed by atoms with Crippen molar-refractivity contribution in [1.82, 2.24) is 9.80 Å². The van der Waals surface area contributed by atoms with E-state index in [2.05, 4.69) is 10.2 Å². The highest BCUT2D eigenvalue weighted by Gasteiger charge is 2.26. The Morgan fingerprint density at radius 1 is 0.707 bits per heavy atom. The van der Waals surface area contributed by atoms with E-state index in [1.807, 2.05) is 53.1 Å². The van der Waals surface area contributed by atoms with Gasteiger partial charge in [0.2, 0.25) is 0 Å². The summed E-state index contributed by atoms with van der Waals surface area (Å²) in [7, 11) is 1.56. The molecule has 41 heavy (non-hydrogen) atoms. The van der Waals surface area contributed by atoms with Gasteiger partial charge in [-0.05, 0) is 81.1 Å². The average Bonchev–Trinajstić information content (AvgIpc) is 3.27. The van der Waals surface area contributed by atoms with Crippen molar-refractivity contribution in [3.05, 3.63) is 89.0 Å². The first kappa shape index (κ1) is 28.2. The summed E-state index contributed by atoms with van der Waals surface area (Å²) in [6.07, 6.45) is 3.91. The maximum Gasteiger partial charge on any atom is 0.256 e. The minimum absolute atomic E-state index is 0.0194. The Hall–Kier alpha value is -4.33. The summed E-state index contributed by atoms with van der Waals surface area (Å²) in [5, 5.41) is 2.96. The number of methoxy groups -OCH3 is 1. The third-order valence-corrected chi connectivity index (χ3v) is 7.88. The van der Waals surface area contributed by atoms with Gasteiger partial charge in [0, 0.05) is 61.8 Å². The Morgan fingerprint density at radius 2 is 1.44 bits per heavy atom. The normalized spacial score (nSPS) is 15.7. The molecule has 0 aromatic heterocycles. The van der Waals surface area contributed by atoms with Crippen LogP contribution in [-0.2, 0) is 0 Å². The first-order valence-corrected chi connectivity index (χ1v) is 14.4. The maximum atomic E-state index is 13.8. The first-order chi connectivity index (χ1) is 19.9. The Bertz CT molecular complexity index is 1400. The van der Waals surface area contributed by atoms with E-state index in [0.29, 0.717) is 47.8 Å². The number of hydrogen-bond donors (Lipinski definition) is 1. The standard InChI is InChI=1S/C33H38N4O4/c1-24-10-12-25(13-11-24)32(39)37-19-7-18-35(20-21-37)30-15-14-27(23-29(30)33(40)36-16-4-3-5-17-36)34-31(38)26-8-6-9-28(22-26)41-2/h6,8-15,22-23H,3-5,7,16-21H2,1-2H3,(H,34,38). The Kier molecular flexibility index (Phi) is 8.87. The summed E-state index contributed by atoms with van der Waals surface area (Å²) >= 11 is 0. The van der Waals surface area contributed by atoms with Gasteiger partial charge in [0.05, 0.1) is 12.7 Å². The Balaban J connectivity index is 1.38. The van der Waals surface area contributed by atoms with Crippen LogP contribution in [-0.4, -0.2) is 73.9 Å². The second-order valence-corrected chi connectivity index (χ2v) is 10.8. The predicted octanol–water partition coefficient (Wildman–Crippen LogP) is 5.23. The molecule has 2 aliphatic rings. The van der Waals surface area contributed by atoms with Gasteiger partial charge in [-0.15, -0.1) is 0 Å². The molecule has 0 saturated carbocycles. The number of likely N-dealkylation sites (tertiary alicyclic amines) is 1. The molecule has 3 aromatic rings. The lowest BCUT2D eigenvalue weighted by atomic mass is 10.1. The van der Waals surface area contributed by atoms with Gasteiger partial charge >= 0.3 is 0 Å². The molecule has 2 saturated heterocycles. The number of rotatable bonds is 6. The van der Waals surface area contributed by atoms with Crippen molar-refractivity contribution in [3.63, 3.8) is 0 Å². The lowest BCUT2D eigenvalue weighted by Crippen LogP contribution is -2.38. The lowest BCUT2D eigenvalue weighted by Gasteiger charge is -2.30. The van der Waals surface area contributed by atoms with E-state index in [1.165, 1.54) is 0 Å². The zero-order valence-corrected chi connectivity index (χ0v) is 23.9. The smallest absolute Gasteiger partial charge is 0.256 e. The molecule has 3 amide bonds. The van der Waals surface area contributed by atoms with Crippen molar-refractivity contribution < 1.29 is 19.1 Å². The zero-order valence-electron chi connectivity index (χ0n) is 23.9. The lowest BCUT2D eigenvalue weighted by molar-refractivity contribution is 0.0723. The second-order valence-electron chi connectivity index (χ2n) is 10.8. The Morgan fingerprint density at radius 3 is 2.20 bits per heavy atom. The number of carbonyl (C=O) groups is 3. The Labute approximate surface area is 241 Å². The van der Waals surface area contributed by atoms with Crippen LogP contribution < -0.4 is 15.0 Å². The van der Waals surface area contributed by atoms with Gasteiger partial charge in [0.1, 0.15) is 5.75 Å². The van der Waals surface area contributed by atoms with Crippen LogP contribution in [0.4, 0.5) is 11.4 Å². The molecule has 2 aliphatic heterocycles. The number of hydrogen-bond acceptors (Lipinski definition) is 5. The molecule has 2 fully saturated rings. The fourth-order valence-electron chi connectivity index (χ4n) is 5.54. The van der Waals surface area contributed by atoms with Crippen LogP contribution >= 0.6 is 0 Å². The van der Waals surface area contributed by atoms with Crippen molar-refractivity contribution in [2.24, 2.45) is 0 Å². The molecule has 8 heteroatoms. The van der Waals surface area contributed by atoms with Crippen molar-refractivity contribution in [3.8, 4) is 5.75 Å². The van der Waals surface area contributed by atoms with Gasteiger partial charge in [-0.2, -0.15) is 0 Å². The SMILES string of the molecule is COc1cccc(C(=O)Nc2ccc(N3CCCN(C(=O)c4ccc(C)cc4)CC3)c(C(=O)N3CCCCC3)c2)c1. The van der Waals surface area contributed by atoms with Crippen molar-refractivity contribution >= 4 is 29.1 Å². The molecule has 5 rings (SSSR count). The molecule has 0 bridgehead atoms. The van der Waals surface area contributed by atoms with E-state index in [-0.39, 0.29) is 17.7 Å². The number of anilines is 2. The summed E-state index contributed by atoms with van der Waals surface area (Å²) in [5.74, 6) is 0.346. The number of aryl methyl sites for hydroxylation is 1. The maximum absolute atomic E-state index is 13.8. The number of benzene rings is 3. The van der Waals surface area contributed by atoms with E-state index < -0.39 is 0 Å². The van der Waals surface area contributed by atoms with Crippen molar-refractivity contribution in [2.45, 2.75) is 32.6 Å². The zero-order chi connectivity index (χ0) is 28.8.